The SMILES string of the molecule is CCN(CC)S(=O)(=O)c1ccc(C(=O)NCc2ccc(N3CCOCC3)cc2)cc1. The highest BCUT2D eigenvalue weighted by Crippen LogP contribution is 2.18. The van der Waals surface area contributed by atoms with E-state index in [-0.39, 0.29) is 10.8 Å². The van der Waals surface area contributed by atoms with Crippen LogP contribution in [-0.2, 0) is 21.3 Å². The van der Waals surface area contributed by atoms with E-state index in [0.29, 0.717) is 25.2 Å². The zero-order valence-electron chi connectivity index (χ0n) is 17.5. The minimum Gasteiger partial charge on any atom is -0.378 e. The lowest BCUT2D eigenvalue weighted by atomic mass is 10.1. The van der Waals surface area contributed by atoms with Crippen molar-refractivity contribution in [1.82, 2.24) is 9.62 Å². The summed E-state index contributed by atoms with van der Waals surface area (Å²) in [6.45, 7) is 8.08. The van der Waals surface area contributed by atoms with Gasteiger partial charge in [0.05, 0.1) is 18.1 Å². The standard InChI is InChI=1S/C22H29N3O4S/c1-3-25(4-2)30(27,28)21-11-7-19(8-12-21)22(26)23-17-18-5-9-20(10-6-18)24-13-15-29-16-14-24/h5-12H,3-4,13-17H2,1-2H3,(H,23,26). The Kier molecular flexibility index (Phi) is 7.47. The molecule has 0 unspecified atom stereocenters. The van der Waals surface area contributed by atoms with Gasteiger partial charge in [-0.1, -0.05) is 26.0 Å². The summed E-state index contributed by atoms with van der Waals surface area (Å²) in [5, 5.41) is 2.89. The number of carbonyl (C=O) groups is 1. The van der Waals surface area contributed by atoms with E-state index in [1.165, 1.54) is 16.4 Å². The van der Waals surface area contributed by atoms with Crippen molar-refractivity contribution < 1.29 is 17.9 Å². The highest BCUT2D eigenvalue weighted by atomic mass is 32.2. The molecule has 0 radical (unpaired) electrons. The third-order valence-electron chi connectivity index (χ3n) is 5.23. The lowest BCUT2D eigenvalue weighted by molar-refractivity contribution is 0.0950. The van der Waals surface area contributed by atoms with Gasteiger partial charge in [0, 0.05) is 44.0 Å². The Morgan fingerprint density at radius 2 is 1.60 bits per heavy atom. The molecule has 7 nitrogen and oxygen atoms in total. The van der Waals surface area contributed by atoms with Crippen LogP contribution in [0.4, 0.5) is 5.69 Å². The lowest BCUT2D eigenvalue weighted by Crippen LogP contribution is -2.36. The normalized spacial score (nSPS) is 14.7. The van der Waals surface area contributed by atoms with Gasteiger partial charge in [-0.05, 0) is 42.0 Å². The molecule has 3 rings (SSSR count). The number of hydrogen-bond donors (Lipinski definition) is 1. The summed E-state index contributed by atoms with van der Waals surface area (Å²) >= 11 is 0. The van der Waals surface area contributed by atoms with Crippen molar-refractivity contribution >= 4 is 21.6 Å². The van der Waals surface area contributed by atoms with Gasteiger partial charge in [0.15, 0.2) is 0 Å². The molecular weight excluding hydrogens is 402 g/mol. The fourth-order valence-corrected chi connectivity index (χ4v) is 4.88. The van der Waals surface area contributed by atoms with Gasteiger partial charge in [0.1, 0.15) is 0 Å². The van der Waals surface area contributed by atoms with E-state index in [1.54, 1.807) is 26.0 Å². The van der Waals surface area contributed by atoms with Gasteiger partial charge < -0.3 is 15.0 Å². The molecule has 0 saturated carbocycles. The maximum absolute atomic E-state index is 12.5. The number of rotatable bonds is 8. The largest absolute Gasteiger partial charge is 0.378 e. The predicted molar refractivity (Wildman–Crippen MR) is 117 cm³/mol. The number of morpholine rings is 1. The Morgan fingerprint density at radius 1 is 1.00 bits per heavy atom. The van der Waals surface area contributed by atoms with Crippen LogP contribution in [0, 0.1) is 0 Å². The average molecular weight is 432 g/mol. The van der Waals surface area contributed by atoms with Crippen molar-refractivity contribution in [3.8, 4) is 0 Å². The first-order valence-corrected chi connectivity index (χ1v) is 11.7. The number of anilines is 1. The van der Waals surface area contributed by atoms with Crippen LogP contribution >= 0.6 is 0 Å². The highest BCUT2D eigenvalue weighted by Gasteiger charge is 2.21. The van der Waals surface area contributed by atoms with Crippen LogP contribution < -0.4 is 10.2 Å². The maximum Gasteiger partial charge on any atom is 0.251 e. The molecule has 2 aromatic rings. The summed E-state index contributed by atoms with van der Waals surface area (Å²) in [6, 6.07) is 14.2. The van der Waals surface area contributed by atoms with Crippen LogP contribution in [0.5, 0.6) is 0 Å². The fraction of sp³-hybridized carbons (Fsp3) is 0.409. The fourth-order valence-electron chi connectivity index (χ4n) is 3.42. The molecule has 1 aliphatic rings. The number of hydrogen-bond acceptors (Lipinski definition) is 5. The van der Waals surface area contributed by atoms with Gasteiger partial charge in [-0.25, -0.2) is 8.42 Å². The third-order valence-corrected chi connectivity index (χ3v) is 7.29. The minimum atomic E-state index is -3.52. The van der Waals surface area contributed by atoms with Gasteiger partial charge in [0.25, 0.3) is 5.91 Å². The van der Waals surface area contributed by atoms with Crippen LogP contribution in [0.2, 0.25) is 0 Å². The molecule has 8 heteroatoms. The Bertz CT molecular complexity index is 933. The van der Waals surface area contributed by atoms with Crippen molar-refractivity contribution in [1.29, 1.82) is 0 Å². The number of amides is 1. The highest BCUT2D eigenvalue weighted by molar-refractivity contribution is 7.89. The molecule has 30 heavy (non-hydrogen) atoms. The van der Waals surface area contributed by atoms with E-state index >= 15 is 0 Å². The molecule has 1 N–H and O–H groups in total. The maximum atomic E-state index is 12.5. The molecule has 0 aliphatic carbocycles. The lowest BCUT2D eigenvalue weighted by Gasteiger charge is -2.28. The zero-order chi connectivity index (χ0) is 21.6. The average Bonchev–Trinajstić information content (AvgIpc) is 2.79. The Morgan fingerprint density at radius 3 is 2.17 bits per heavy atom. The topological polar surface area (TPSA) is 79.0 Å². The zero-order valence-corrected chi connectivity index (χ0v) is 18.3. The van der Waals surface area contributed by atoms with Crippen LogP contribution in [0.25, 0.3) is 0 Å². The molecule has 1 aliphatic heterocycles. The van der Waals surface area contributed by atoms with E-state index < -0.39 is 10.0 Å². The van der Waals surface area contributed by atoms with Crippen molar-refractivity contribution in [3.63, 3.8) is 0 Å². The number of benzene rings is 2. The molecule has 0 spiro atoms. The molecule has 1 heterocycles. The van der Waals surface area contributed by atoms with E-state index in [4.69, 9.17) is 4.74 Å². The molecule has 162 valence electrons. The second kappa shape index (κ2) is 10.1. The van der Waals surface area contributed by atoms with Crippen LogP contribution in [0.15, 0.2) is 53.4 Å². The monoisotopic (exact) mass is 431 g/mol. The van der Waals surface area contributed by atoms with E-state index in [1.807, 2.05) is 12.1 Å². The Hall–Kier alpha value is -2.42. The van der Waals surface area contributed by atoms with Crippen molar-refractivity contribution in [2.45, 2.75) is 25.3 Å². The van der Waals surface area contributed by atoms with Gasteiger partial charge >= 0.3 is 0 Å². The van der Waals surface area contributed by atoms with E-state index in [2.05, 4.69) is 22.3 Å². The summed E-state index contributed by atoms with van der Waals surface area (Å²) in [4.78, 5) is 14.9. The second-order valence-electron chi connectivity index (χ2n) is 7.06. The molecule has 1 saturated heterocycles. The number of carbonyl (C=O) groups excluding carboxylic acids is 1. The van der Waals surface area contributed by atoms with Gasteiger partial charge in [-0.2, -0.15) is 4.31 Å². The van der Waals surface area contributed by atoms with Crippen LogP contribution in [0.1, 0.15) is 29.8 Å². The van der Waals surface area contributed by atoms with E-state index in [0.717, 1.165) is 37.6 Å². The first-order chi connectivity index (χ1) is 14.5. The van der Waals surface area contributed by atoms with E-state index in [9.17, 15) is 13.2 Å². The van der Waals surface area contributed by atoms with Crippen molar-refractivity contribution in [3.05, 3.63) is 59.7 Å². The van der Waals surface area contributed by atoms with Gasteiger partial charge in [0.2, 0.25) is 10.0 Å². The molecule has 1 fully saturated rings. The second-order valence-corrected chi connectivity index (χ2v) is 9.00. The minimum absolute atomic E-state index is 0.196. The first kappa shape index (κ1) is 22.3. The smallest absolute Gasteiger partial charge is 0.251 e. The number of nitrogens with one attached hydrogen (secondary N) is 1. The van der Waals surface area contributed by atoms with Gasteiger partial charge in [-0.3, -0.25) is 4.79 Å². The van der Waals surface area contributed by atoms with Crippen molar-refractivity contribution in [2.75, 3.05) is 44.3 Å². The molecule has 0 bridgehead atoms. The molecule has 0 aromatic heterocycles. The summed E-state index contributed by atoms with van der Waals surface area (Å²) < 4.78 is 31.9. The van der Waals surface area contributed by atoms with Crippen molar-refractivity contribution in [2.24, 2.45) is 0 Å². The number of nitrogens with zero attached hydrogens (tertiary/aromatic N) is 2. The molecule has 1 amide bonds. The quantitative estimate of drug-likeness (QED) is 0.695. The van der Waals surface area contributed by atoms with Crippen LogP contribution in [0.3, 0.4) is 0 Å². The number of ether oxygens (including phenoxy) is 1. The molecule has 0 atom stereocenters. The summed E-state index contributed by atoms with van der Waals surface area (Å²) in [5.41, 5.74) is 2.58. The third kappa shape index (κ3) is 5.19. The Balaban J connectivity index is 1.58. The number of sulfonamides is 1. The van der Waals surface area contributed by atoms with Gasteiger partial charge in [-0.15, -0.1) is 0 Å². The Labute approximate surface area is 178 Å². The van der Waals surface area contributed by atoms with Crippen LogP contribution in [-0.4, -0.2) is 58.0 Å². The summed E-state index contributed by atoms with van der Waals surface area (Å²) in [6.07, 6.45) is 0. The molecule has 2 aromatic carbocycles. The summed E-state index contributed by atoms with van der Waals surface area (Å²) in [7, 11) is -3.52. The molecular formula is C22H29N3O4S. The summed E-state index contributed by atoms with van der Waals surface area (Å²) in [5.74, 6) is -0.237. The predicted octanol–water partition coefficient (Wildman–Crippen LogP) is 2.48. The first-order valence-electron chi connectivity index (χ1n) is 10.3.